The number of carbonyl (C=O) groups is 1. The van der Waals surface area contributed by atoms with Gasteiger partial charge in [0, 0.05) is 35.6 Å². The quantitative estimate of drug-likeness (QED) is 0.535. The predicted molar refractivity (Wildman–Crippen MR) is 138 cm³/mol. The Labute approximate surface area is 203 Å². The van der Waals surface area contributed by atoms with Crippen LogP contribution < -0.4 is 15.4 Å². The number of fused-ring (bicyclic) bond motifs is 1. The van der Waals surface area contributed by atoms with E-state index in [0.717, 1.165) is 22.3 Å². The number of ether oxygens (including phenoxy) is 1. The third kappa shape index (κ3) is 6.22. The molecule has 1 aromatic heterocycles. The summed E-state index contributed by atoms with van der Waals surface area (Å²) in [5.41, 5.74) is 2.95. The van der Waals surface area contributed by atoms with E-state index in [4.69, 9.17) is 4.74 Å². The van der Waals surface area contributed by atoms with Crippen molar-refractivity contribution in [3.05, 3.63) is 73.0 Å². The van der Waals surface area contributed by atoms with Gasteiger partial charge in [-0.25, -0.2) is 15.0 Å². The highest BCUT2D eigenvalue weighted by Crippen LogP contribution is 2.27. The highest BCUT2D eigenvalue weighted by Gasteiger charge is 2.09. The Morgan fingerprint density at radius 3 is 2.66 bits per heavy atom. The van der Waals surface area contributed by atoms with E-state index in [2.05, 4.69) is 44.0 Å². The number of amides is 1. The van der Waals surface area contributed by atoms with Crippen molar-refractivity contribution in [1.82, 2.24) is 19.8 Å². The minimum atomic E-state index is -0.374. The van der Waals surface area contributed by atoms with E-state index in [9.17, 15) is 4.79 Å². The number of hydrogen-bond donors (Lipinski definition) is 2. The number of carbonyl (C=O) groups excluding carboxylic acids is 1. The zero-order valence-corrected chi connectivity index (χ0v) is 19.7. The van der Waals surface area contributed by atoms with Crippen LogP contribution in [0.15, 0.2) is 78.0 Å². The number of nitrogens with zero attached hydrogens (tertiary/aromatic N) is 5. The van der Waals surface area contributed by atoms with Gasteiger partial charge in [-0.1, -0.05) is 12.5 Å². The molecule has 2 N–H and O–H groups in total. The molecular weight excluding hydrogens is 442 g/mol. The predicted octanol–water partition coefficient (Wildman–Crippen LogP) is 3.58. The lowest BCUT2D eigenvalue weighted by Crippen LogP contribution is -2.17. The molecule has 35 heavy (non-hydrogen) atoms. The van der Waals surface area contributed by atoms with Crippen molar-refractivity contribution in [3.8, 4) is 17.6 Å². The number of rotatable bonds is 6. The molecule has 0 unspecified atom stereocenters. The van der Waals surface area contributed by atoms with Gasteiger partial charge in [0.25, 0.3) is 5.91 Å². The van der Waals surface area contributed by atoms with Crippen molar-refractivity contribution in [2.45, 2.75) is 0 Å². The topological polar surface area (TPSA) is 95.0 Å². The molecule has 0 saturated heterocycles. The van der Waals surface area contributed by atoms with Gasteiger partial charge in [-0.05, 0) is 62.5 Å². The number of benzene rings is 2. The number of allylic oxidation sites excluding steroid dienone is 1. The third-order valence-electron chi connectivity index (χ3n) is 4.93. The number of anilines is 3. The Bertz CT molecular complexity index is 1380. The second-order valence-electron chi connectivity index (χ2n) is 8.03. The van der Waals surface area contributed by atoms with E-state index >= 15 is 0 Å². The van der Waals surface area contributed by atoms with Gasteiger partial charge in [-0.2, -0.15) is 0 Å². The van der Waals surface area contributed by atoms with Gasteiger partial charge < -0.3 is 20.3 Å². The molecule has 176 valence electrons. The molecule has 0 fully saturated rings. The number of hydrogen-bond acceptors (Lipinski definition) is 8. The number of nitrogens with one attached hydrogen (secondary N) is 2. The maximum absolute atomic E-state index is 12.1. The molecule has 0 radical (unpaired) electrons. The molecule has 0 atom stereocenters. The summed E-state index contributed by atoms with van der Waals surface area (Å²) in [6, 6.07) is 12.9. The van der Waals surface area contributed by atoms with Crippen molar-refractivity contribution in [2.75, 3.05) is 38.3 Å². The first-order valence-electron chi connectivity index (χ1n) is 10.8. The van der Waals surface area contributed by atoms with Gasteiger partial charge in [0.1, 0.15) is 17.9 Å². The average Bonchev–Trinajstić information content (AvgIpc) is 2.83. The second-order valence-corrected chi connectivity index (χ2v) is 8.03. The van der Waals surface area contributed by atoms with E-state index in [1.165, 1.54) is 6.33 Å². The van der Waals surface area contributed by atoms with Crippen LogP contribution in [0.3, 0.4) is 0 Å². The molecule has 9 nitrogen and oxygen atoms in total. The molecule has 1 amide bonds. The fourth-order valence-corrected chi connectivity index (χ4v) is 3.09. The van der Waals surface area contributed by atoms with Crippen LogP contribution in [0.4, 0.5) is 17.2 Å². The van der Waals surface area contributed by atoms with Crippen molar-refractivity contribution >= 4 is 40.3 Å². The molecule has 1 aliphatic rings. The molecule has 9 heteroatoms. The molecule has 1 aliphatic heterocycles. The largest absolute Gasteiger partial charge is 0.439 e. The summed E-state index contributed by atoms with van der Waals surface area (Å²) in [7, 11) is 5.65. The minimum Gasteiger partial charge on any atom is -0.439 e. The van der Waals surface area contributed by atoms with Crippen LogP contribution in [0.1, 0.15) is 0 Å². The van der Waals surface area contributed by atoms with Crippen molar-refractivity contribution in [2.24, 2.45) is 4.99 Å². The zero-order chi connectivity index (χ0) is 24.8. The number of aromatic nitrogens is 2. The Hall–Kier alpha value is -4.68. The molecule has 2 heterocycles. The smallest absolute Gasteiger partial charge is 0.300 e. The lowest BCUT2D eigenvalue weighted by molar-refractivity contribution is -0.111. The maximum atomic E-state index is 12.1. The summed E-state index contributed by atoms with van der Waals surface area (Å²) in [6.45, 7) is 4.45. The standard InChI is InChI=1S/C26H25N7O2/c1-18-14-25(29-17-33(18)4)35-21-10-7-19(8-11-21)31-26-22-15-20(9-12-23(22)27-16-28-26)30-24(34)6-5-13-32(2)3/h7-12,14-17H,1,13H2,2-4H3,(H,30,34)(H,27,28,31). The number of aliphatic imine (C=N–C) groups is 1. The molecule has 0 saturated carbocycles. The first kappa shape index (κ1) is 23.5. The minimum absolute atomic E-state index is 0.374. The fourth-order valence-electron chi connectivity index (χ4n) is 3.09. The van der Waals surface area contributed by atoms with Gasteiger partial charge >= 0.3 is 0 Å². The zero-order valence-electron chi connectivity index (χ0n) is 19.7. The first-order chi connectivity index (χ1) is 16.9. The fraction of sp³-hybridized carbons (Fsp3) is 0.154. The third-order valence-corrected chi connectivity index (χ3v) is 4.93. The summed E-state index contributed by atoms with van der Waals surface area (Å²) in [5.74, 6) is 6.75. The highest BCUT2D eigenvalue weighted by molar-refractivity contribution is 6.05. The SMILES string of the molecule is C=C1C=C(Oc2ccc(Nc3ncnc4ccc(NC(=O)C#CCN(C)C)cc34)cc2)N=CN1C. The van der Waals surface area contributed by atoms with Crippen LogP contribution in [0.5, 0.6) is 5.75 Å². The summed E-state index contributed by atoms with van der Waals surface area (Å²) in [6.07, 6.45) is 4.91. The molecule has 0 spiro atoms. The van der Waals surface area contributed by atoms with Crippen molar-refractivity contribution < 1.29 is 9.53 Å². The van der Waals surface area contributed by atoms with E-state index in [-0.39, 0.29) is 5.91 Å². The van der Waals surface area contributed by atoms with Crippen LogP contribution in [0, 0.1) is 11.8 Å². The van der Waals surface area contributed by atoms with Gasteiger partial charge in [0.2, 0.25) is 5.88 Å². The van der Waals surface area contributed by atoms with Crippen molar-refractivity contribution in [1.29, 1.82) is 0 Å². The molecule has 0 aliphatic carbocycles. The van der Waals surface area contributed by atoms with Gasteiger partial charge in [0.15, 0.2) is 0 Å². The van der Waals surface area contributed by atoms with Crippen LogP contribution in [-0.2, 0) is 4.79 Å². The molecule has 4 rings (SSSR count). The Morgan fingerprint density at radius 1 is 1.14 bits per heavy atom. The van der Waals surface area contributed by atoms with Gasteiger partial charge in [0.05, 0.1) is 18.4 Å². The average molecular weight is 468 g/mol. The molecule has 2 aromatic carbocycles. The molecule has 3 aromatic rings. The van der Waals surface area contributed by atoms with Crippen molar-refractivity contribution in [3.63, 3.8) is 0 Å². The Morgan fingerprint density at radius 2 is 1.91 bits per heavy atom. The summed E-state index contributed by atoms with van der Waals surface area (Å²) in [5, 5.41) is 6.85. The van der Waals surface area contributed by atoms with Crippen LogP contribution in [0.2, 0.25) is 0 Å². The highest BCUT2D eigenvalue weighted by atomic mass is 16.5. The Kier molecular flexibility index (Phi) is 7.04. The number of likely N-dealkylation sites (N-methyl/N-ethyl adjacent to an activating group) is 1. The van der Waals surface area contributed by atoms with Gasteiger partial charge in [-0.15, -0.1) is 0 Å². The summed E-state index contributed by atoms with van der Waals surface area (Å²) in [4.78, 5) is 28.8. The van der Waals surface area contributed by atoms with Crippen LogP contribution in [-0.4, -0.2) is 59.7 Å². The summed E-state index contributed by atoms with van der Waals surface area (Å²) >= 11 is 0. The van der Waals surface area contributed by atoms with E-state index in [1.54, 1.807) is 23.4 Å². The first-order valence-corrected chi connectivity index (χ1v) is 10.8. The van der Waals surface area contributed by atoms with Crippen LogP contribution >= 0.6 is 0 Å². The monoisotopic (exact) mass is 467 g/mol. The van der Waals surface area contributed by atoms with E-state index in [1.807, 2.05) is 62.4 Å². The molecular formula is C26H25N7O2. The lowest BCUT2D eigenvalue weighted by Gasteiger charge is -2.18. The summed E-state index contributed by atoms with van der Waals surface area (Å²) < 4.78 is 5.81. The van der Waals surface area contributed by atoms with E-state index < -0.39 is 0 Å². The normalized spacial score (nSPS) is 12.7. The van der Waals surface area contributed by atoms with Crippen LogP contribution in [0.25, 0.3) is 10.9 Å². The molecule has 0 bridgehead atoms. The second kappa shape index (κ2) is 10.5. The lowest BCUT2D eigenvalue weighted by atomic mass is 10.2. The maximum Gasteiger partial charge on any atom is 0.300 e. The van der Waals surface area contributed by atoms with E-state index in [0.29, 0.717) is 29.7 Å². The Balaban J connectivity index is 1.47. The van der Waals surface area contributed by atoms with Gasteiger partial charge in [-0.3, -0.25) is 9.69 Å².